The Morgan fingerprint density at radius 2 is 1.50 bits per heavy atom. The van der Waals surface area contributed by atoms with Gasteiger partial charge in [0.25, 0.3) is 0 Å². The van der Waals surface area contributed by atoms with E-state index in [0.29, 0.717) is 5.56 Å². The Labute approximate surface area is 215 Å². The molecule has 2 nitrogen and oxygen atoms in total. The zero-order valence-electron chi connectivity index (χ0n) is 22.1. The first kappa shape index (κ1) is 25.9. The van der Waals surface area contributed by atoms with E-state index in [0.717, 1.165) is 77.9 Å². The van der Waals surface area contributed by atoms with E-state index in [-0.39, 0.29) is 17.0 Å². The third kappa shape index (κ3) is 5.79. The second-order valence-corrected chi connectivity index (χ2v) is 11.0. The van der Waals surface area contributed by atoms with Crippen LogP contribution in [0.1, 0.15) is 59.6 Å². The molecular formula is C33H38FNO. The molecule has 188 valence electrons. The van der Waals surface area contributed by atoms with Crippen LogP contribution in [0.4, 0.5) is 4.39 Å². The zero-order valence-corrected chi connectivity index (χ0v) is 22.1. The van der Waals surface area contributed by atoms with Crippen LogP contribution in [0, 0.1) is 32.0 Å². The van der Waals surface area contributed by atoms with E-state index in [1.165, 1.54) is 5.56 Å². The second-order valence-electron chi connectivity index (χ2n) is 11.0. The predicted octanol–water partition coefficient (Wildman–Crippen LogP) is 8.65. The fourth-order valence-electron chi connectivity index (χ4n) is 5.59. The van der Waals surface area contributed by atoms with Crippen molar-refractivity contribution in [2.24, 2.45) is 5.41 Å². The van der Waals surface area contributed by atoms with E-state index >= 15 is 0 Å². The molecule has 1 aliphatic rings. The summed E-state index contributed by atoms with van der Waals surface area (Å²) in [6, 6.07) is 17.8. The maximum Gasteiger partial charge on any atom is 0.131 e. The number of allylic oxidation sites excluding steroid dienone is 1. The maximum absolute atomic E-state index is 14.7. The summed E-state index contributed by atoms with van der Waals surface area (Å²) in [5.41, 5.74) is 9.42. The standard InChI is InChI=1S/C33H38FNO/c1-22-7-12-30(31(34)17-22)32-23(2)18-27(19-24(32)3)21-35-15-13-33(6,14-16-35)20-25(4)28-8-10-29(11-9-28)26(5)36/h7-12,17-19,36H,4-5,13-16,20-21H2,1-3,6H3. The lowest BCUT2D eigenvalue weighted by Crippen LogP contribution is -2.38. The average Bonchev–Trinajstić information content (AvgIpc) is 2.81. The van der Waals surface area contributed by atoms with Crippen molar-refractivity contribution < 1.29 is 9.50 Å². The molecule has 36 heavy (non-hydrogen) atoms. The van der Waals surface area contributed by atoms with Gasteiger partial charge >= 0.3 is 0 Å². The van der Waals surface area contributed by atoms with E-state index in [4.69, 9.17) is 0 Å². The Morgan fingerprint density at radius 3 is 2.06 bits per heavy atom. The minimum Gasteiger partial charge on any atom is -0.508 e. The summed E-state index contributed by atoms with van der Waals surface area (Å²) < 4.78 is 14.7. The Bertz CT molecular complexity index is 1260. The molecule has 1 fully saturated rings. The molecule has 3 aromatic rings. The fourth-order valence-corrected chi connectivity index (χ4v) is 5.59. The molecule has 1 heterocycles. The highest BCUT2D eigenvalue weighted by Crippen LogP contribution is 2.40. The van der Waals surface area contributed by atoms with Crippen LogP contribution in [0.15, 0.2) is 67.8 Å². The van der Waals surface area contributed by atoms with E-state index in [1.807, 2.05) is 43.3 Å². The summed E-state index contributed by atoms with van der Waals surface area (Å²) in [5.74, 6) is -0.0607. The van der Waals surface area contributed by atoms with E-state index in [1.54, 1.807) is 6.07 Å². The minimum absolute atomic E-state index is 0.0915. The monoisotopic (exact) mass is 483 g/mol. The largest absolute Gasteiger partial charge is 0.508 e. The van der Waals surface area contributed by atoms with Crippen molar-refractivity contribution in [1.82, 2.24) is 4.90 Å². The molecule has 3 aromatic carbocycles. The lowest BCUT2D eigenvalue weighted by molar-refractivity contribution is 0.117. The van der Waals surface area contributed by atoms with Gasteiger partial charge in [-0.1, -0.05) is 68.6 Å². The molecule has 0 radical (unpaired) electrons. The predicted molar refractivity (Wildman–Crippen MR) is 150 cm³/mol. The summed E-state index contributed by atoms with van der Waals surface area (Å²) in [5, 5.41) is 9.57. The van der Waals surface area contributed by atoms with Crippen LogP contribution in [-0.4, -0.2) is 23.1 Å². The maximum atomic E-state index is 14.7. The van der Waals surface area contributed by atoms with Gasteiger partial charge in [0.15, 0.2) is 0 Å². The van der Waals surface area contributed by atoms with E-state index in [2.05, 4.69) is 51.0 Å². The number of rotatable bonds is 7. The first-order valence-corrected chi connectivity index (χ1v) is 12.8. The normalized spacial score (nSPS) is 15.6. The van der Waals surface area contributed by atoms with Gasteiger partial charge in [-0.15, -0.1) is 0 Å². The van der Waals surface area contributed by atoms with Crippen LogP contribution in [0.3, 0.4) is 0 Å². The molecule has 0 saturated carbocycles. The highest BCUT2D eigenvalue weighted by Gasteiger charge is 2.31. The smallest absolute Gasteiger partial charge is 0.131 e. The van der Waals surface area contributed by atoms with Crippen LogP contribution in [0.5, 0.6) is 0 Å². The lowest BCUT2D eigenvalue weighted by atomic mass is 9.74. The third-order valence-electron chi connectivity index (χ3n) is 7.72. The molecule has 0 unspecified atom stereocenters. The van der Waals surface area contributed by atoms with Crippen molar-refractivity contribution in [3.8, 4) is 11.1 Å². The van der Waals surface area contributed by atoms with E-state index < -0.39 is 0 Å². The molecule has 0 amide bonds. The number of aliphatic hydroxyl groups is 1. The molecule has 3 heteroatoms. The molecule has 0 aromatic heterocycles. The number of hydrogen-bond donors (Lipinski definition) is 1. The van der Waals surface area contributed by atoms with Crippen molar-refractivity contribution >= 4 is 11.3 Å². The summed E-state index contributed by atoms with van der Waals surface area (Å²) in [6.45, 7) is 19.5. The van der Waals surface area contributed by atoms with Crippen LogP contribution >= 0.6 is 0 Å². The number of likely N-dealkylation sites (tertiary alicyclic amines) is 1. The van der Waals surface area contributed by atoms with Crippen molar-refractivity contribution in [3.63, 3.8) is 0 Å². The summed E-state index contributed by atoms with van der Waals surface area (Å²) in [4.78, 5) is 2.53. The Balaban J connectivity index is 1.38. The van der Waals surface area contributed by atoms with Crippen molar-refractivity contribution in [2.75, 3.05) is 13.1 Å². The van der Waals surface area contributed by atoms with Gasteiger partial charge in [0.2, 0.25) is 0 Å². The quantitative estimate of drug-likeness (QED) is 0.340. The van der Waals surface area contributed by atoms with Crippen molar-refractivity contribution in [2.45, 2.75) is 53.5 Å². The van der Waals surface area contributed by atoms with Crippen LogP contribution < -0.4 is 0 Å². The molecule has 0 bridgehead atoms. The SMILES string of the molecule is C=C(O)c1ccc(C(=C)CC2(C)CCN(Cc3cc(C)c(-c4ccc(C)cc4F)c(C)c3)CC2)cc1. The highest BCUT2D eigenvalue weighted by atomic mass is 19.1. The van der Waals surface area contributed by atoms with Gasteiger partial charge in [0.1, 0.15) is 11.6 Å². The van der Waals surface area contributed by atoms with Gasteiger partial charge < -0.3 is 5.11 Å². The first-order chi connectivity index (χ1) is 17.0. The number of aryl methyl sites for hydroxylation is 3. The molecule has 1 aliphatic heterocycles. The zero-order chi connectivity index (χ0) is 26.0. The Hall–Kier alpha value is -3.17. The summed E-state index contributed by atoms with van der Waals surface area (Å²) in [6.07, 6.45) is 3.22. The molecule has 0 atom stereocenters. The van der Waals surface area contributed by atoms with Gasteiger partial charge in [-0.2, -0.15) is 0 Å². The number of hydrogen-bond acceptors (Lipinski definition) is 2. The number of halogens is 1. The molecule has 4 rings (SSSR count). The highest BCUT2D eigenvalue weighted by molar-refractivity contribution is 5.72. The van der Waals surface area contributed by atoms with Gasteiger partial charge in [-0.3, -0.25) is 4.90 Å². The van der Waals surface area contributed by atoms with Crippen molar-refractivity contribution in [3.05, 3.63) is 107 Å². The van der Waals surface area contributed by atoms with Gasteiger partial charge in [0.05, 0.1) is 0 Å². The fraction of sp³-hybridized carbons (Fsp3) is 0.333. The minimum atomic E-state index is -0.152. The number of piperidine rings is 1. The molecule has 1 N–H and O–H groups in total. The van der Waals surface area contributed by atoms with Gasteiger partial charge in [-0.05, 0) is 104 Å². The Morgan fingerprint density at radius 1 is 0.917 bits per heavy atom. The van der Waals surface area contributed by atoms with E-state index in [9.17, 15) is 9.50 Å². The topological polar surface area (TPSA) is 23.5 Å². The third-order valence-corrected chi connectivity index (χ3v) is 7.72. The lowest BCUT2D eigenvalue weighted by Gasteiger charge is -2.40. The summed E-state index contributed by atoms with van der Waals surface area (Å²) >= 11 is 0. The molecule has 1 saturated heterocycles. The number of aliphatic hydroxyl groups excluding tert-OH is 1. The van der Waals surface area contributed by atoms with Crippen molar-refractivity contribution in [1.29, 1.82) is 0 Å². The number of benzene rings is 3. The van der Waals surface area contributed by atoms with Crippen LogP contribution in [-0.2, 0) is 6.54 Å². The molecule has 0 spiro atoms. The van der Waals surface area contributed by atoms with Crippen LogP contribution in [0.25, 0.3) is 22.5 Å². The first-order valence-electron chi connectivity index (χ1n) is 12.8. The second kappa shape index (κ2) is 10.4. The number of nitrogens with zero attached hydrogens (tertiary/aromatic N) is 1. The Kier molecular flexibility index (Phi) is 7.51. The average molecular weight is 484 g/mol. The molecule has 0 aliphatic carbocycles. The van der Waals surface area contributed by atoms with Crippen LogP contribution in [0.2, 0.25) is 0 Å². The summed E-state index contributed by atoms with van der Waals surface area (Å²) in [7, 11) is 0. The van der Waals surface area contributed by atoms with Gasteiger partial charge in [-0.25, -0.2) is 4.39 Å². The van der Waals surface area contributed by atoms with Gasteiger partial charge in [0, 0.05) is 17.7 Å². The molecular weight excluding hydrogens is 445 g/mol.